The number of fused-ring (bicyclic) bond motifs is 2. The Labute approximate surface area is 232 Å². The third-order valence-corrected chi connectivity index (χ3v) is 7.60. The summed E-state index contributed by atoms with van der Waals surface area (Å²) in [4.78, 5) is 0. The van der Waals surface area contributed by atoms with Crippen LogP contribution in [0.1, 0.15) is 45.9 Å². The molecular formula is C30H26O11. The molecule has 0 aromatic heterocycles. The molecule has 0 unspecified atom stereocenters. The van der Waals surface area contributed by atoms with Crippen LogP contribution in [0.2, 0.25) is 0 Å². The Morgan fingerprint density at radius 3 is 1.80 bits per heavy atom. The highest BCUT2D eigenvalue weighted by molar-refractivity contribution is 5.64. The number of aliphatic hydroxyl groups excluding tert-OH is 2. The van der Waals surface area contributed by atoms with Gasteiger partial charge in [0.15, 0.2) is 29.1 Å². The molecule has 0 fully saturated rings. The minimum atomic E-state index is -1.44. The van der Waals surface area contributed by atoms with Crippen molar-refractivity contribution in [2.24, 2.45) is 0 Å². The maximum atomic E-state index is 11.6. The number of phenols is 7. The number of benzene rings is 4. The van der Waals surface area contributed by atoms with Crippen molar-refractivity contribution in [2.45, 2.75) is 36.8 Å². The lowest BCUT2D eigenvalue weighted by Gasteiger charge is -2.40. The van der Waals surface area contributed by atoms with Crippen molar-refractivity contribution in [1.29, 1.82) is 0 Å². The maximum absolute atomic E-state index is 11.6. The first-order valence-electron chi connectivity index (χ1n) is 12.7. The number of hydrogen-bond acceptors (Lipinski definition) is 11. The van der Waals surface area contributed by atoms with Crippen LogP contribution in [0.15, 0.2) is 60.7 Å². The van der Waals surface area contributed by atoms with Gasteiger partial charge in [-0.25, -0.2) is 0 Å². The van der Waals surface area contributed by atoms with Gasteiger partial charge in [0.25, 0.3) is 0 Å². The van der Waals surface area contributed by atoms with Crippen LogP contribution >= 0.6 is 0 Å². The minimum absolute atomic E-state index is 0.0743. The number of aromatic hydroxyl groups is 7. The Balaban J connectivity index is 1.50. The van der Waals surface area contributed by atoms with Crippen molar-refractivity contribution in [1.82, 2.24) is 0 Å². The molecular weight excluding hydrogens is 536 g/mol. The zero-order valence-electron chi connectivity index (χ0n) is 21.2. The molecule has 6 rings (SSSR count). The number of ether oxygens (including phenoxy) is 2. The lowest BCUT2D eigenvalue weighted by Crippen LogP contribution is -2.36. The summed E-state index contributed by atoms with van der Waals surface area (Å²) in [5.41, 5.74) is 1.14. The van der Waals surface area contributed by atoms with Crippen molar-refractivity contribution in [3.05, 3.63) is 88.5 Å². The van der Waals surface area contributed by atoms with E-state index in [1.165, 1.54) is 54.6 Å². The molecule has 0 spiro atoms. The van der Waals surface area contributed by atoms with E-state index >= 15 is 0 Å². The Morgan fingerprint density at radius 2 is 1.20 bits per heavy atom. The van der Waals surface area contributed by atoms with E-state index < -0.39 is 41.8 Å². The lowest BCUT2D eigenvalue weighted by atomic mass is 9.78. The number of phenolic OH excluding ortho intramolecular Hbond substituents is 7. The summed E-state index contributed by atoms with van der Waals surface area (Å²) in [5, 5.41) is 94.1. The molecule has 5 atom stereocenters. The second-order valence-electron chi connectivity index (χ2n) is 10.2. The highest BCUT2D eigenvalue weighted by Gasteiger charge is 2.45. The molecule has 0 saturated heterocycles. The first-order valence-corrected chi connectivity index (χ1v) is 12.7. The molecule has 0 aliphatic carbocycles. The average molecular weight is 563 g/mol. The highest BCUT2D eigenvalue weighted by atomic mass is 16.5. The molecule has 0 amide bonds. The van der Waals surface area contributed by atoms with E-state index in [1.54, 1.807) is 0 Å². The molecule has 4 aromatic carbocycles. The fraction of sp³-hybridized carbons (Fsp3) is 0.200. The van der Waals surface area contributed by atoms with E-state index in [0.29, 0.717) is 5.56 Å². The standard InChI is InChI=1S/C30H26O11/c31-14-3-4-15(19(34)9-14)25-26-24(41-30(28(25)39)13-2-6-18(33)21(36)8-13)11-23-16(27(26)38)10-22(37)29(40-23)12-1-5-17(32)20(35)7-12/h1-9,11,22,25,28-39H,10H2/t22-,25+,28+,29+,30+/m0/s1. The van der Waals surface area contributed by atoms with Gasteiger partial charge in [-0.15, -0.1) is 0 Å². The molecule has 212 valence electrons. The van der Waals surface area contributed by atoms with Crippen LogP contribution in [-0.4, -0.2) is 58.2 Å². The largest absolute Gasteiger partial charge is 0.508 e. The molecule has 41 heavy (non-hydrogen) atoms. The van der Waals surface area contributed by atoms with E-state index in [2.05, 4.69) is 0 Å². The Hall–Kier alpha value is -5.00. The van der Waals surface area contributed by atoms with Gasteiger partial charge in [0.05, 0.1) is 6.10 Å². The van der Waals surface area contributed by atoms with Crippen molar-refractivity contribution < 1.29 is 55.4 Å². The van der Waals surface area contributed by atoms with Crippen LogP contribution in [0, 0.1) is 0 Å². The summed E-state index contributed by atoms with van der Waals surface area (Å²) in [6.07, 6.45) is -4.81. The van der Waals surface area contributed by atoms with Gasteiger partial charge in [-0.1, -0.05) is 18.2 Å². The summed E-state index contributed by atoms with van der Waals surface area (Å²) in [6.45, 7) is 0. The van der Waals surface area contributed by atoms with Crippen molar-refractivity contribution in [3.63, 3.8) is 0 Å². The second-order valence-corrected chi connectivity index (χ2v) is 10.2. The third kappa shape index (κ3) is 4.31. The van der Waals surface area contributed by atoms with Crippen LogP contribution in [-0.2, 0) is 6.42 Å². The van der Waals surface area contributed by atoms with E-state index in [4.69, 9.17) is 9.47 Å². The van der Waals surface area contributed by atoms with E-state index in [9.17, 15) is 46.0 Å². The summed E-state index contributed by atoms with van der Waals surface area (Å²) in [6, 6.07) is 13.2. The summed E-state index contributed by atoms with van der Waals surface area (Å²) in [7, 11) is 0. The molecule has 4 aromatic rings. The fourth-order valence-corrected chi connectivity index (χ4v) is 5.59. The topological polar surface area (TPSA) is 201 Å². The molecule has 0 radical (unpaired) electrons. The number of hydrogen-bond donors (Lipinski definition) is 9. The van der Waals surface area contributed by atoms with E-state index in [1.807, 2.05) is 0 Å². The summed E-state index contributed by atoms with van der Waals surface area (Å²) < 4.78 is 12.2. The SMILES string of the molecule is Oc1ccc([C@@H]2c3c(cc4c(c3O)C[C@H](O)[C@@H](c3ccc(O)c(O)c3)O4)O[C@H](c3ccc(O)c(O)c3)[C@@H]2O)c(O)c1. The molecule has 0 saturated carbocycles. The third-order valence-electron chi connectivity index (χ3n) is 7.60. The summed E-state index contributed by atoms with van der Waals surface area (Å²) in [5.74, 6) is -3.34. The predicted octanol–water partition coefficient (Wildman–Crippen LogP) is 3.29. The first kappa shape index (κ1) is 26.2. The molecule has 2 heterocycles. The fourth-order valence-electron chi connectivity index (χ4n) is 5.59. The van der Waals surface area contributed by atoms with Crippen LogP contribution in [0.5, 0.6) is 51.7 Å². The molecule has 2 aliphatic heterocycles. The van der Waals surface area contributed by atoms with Crippen LogP contribution in [0.3, 0.4) is 0 Å². The molecule has 9 N–H and O–H groups in total. The minimum Gasteiger partial charge on any atom is -0.508 e. The van der Waals surface area contributed by atoms with Gasteiger partial charge in [0.2, 0.25) is 0 Å². The van der Waals surface area contributed by atoms with Gasteiger partial charge in [-0.05, 0) is 41.5 Å². The van der Waals surface area contributed by atoms with Gasteiger partial charge in [0.1, 0.15) is 41.0 Å². The zero-order chi connectivity index (χ0) is 29.2. The van der Waals surface area contributed by atoms with Gasteiger partial charge in [-0.2, -0.15) is 0 Å². The van der Waals surface area contributed by atoms with Crippen molar-refractivity contribution in [3.8, 4) is 51.7 Å². The van der Waals surface area contributed by atoms with Crippen molar-refractivity contribution >= 4 is 0 Å². The molecule has 11 nitrogen and oxygen atoms in total. The molecule has 2 aliphatic rings. The van der Waals surface area contributed by atoms with Crippen molar-refractivity contribution in [2.75, 3.05) is 0 Å². The quantitative estimate of drug-likeness (QED) is 0.166. The Morgan fingerprint density at radius 1 is 0.585 bits per heavy atom. The first-order chi connectivity index (χ1) is 19.5. The smallest absolute Gasteiger partial charge is 0.157 e. The predicted molar refractivity (Wildman–Crippen MR) is 142 cm³/mol. The monoisotopic (exact) mass is 562 g/mol. The second kappa shape index (κ2) is 9.58. The molecule has 0 bridgehead atoms. The highest BCUT2D eigenvalue weighted by Crippen LogP contribution is 2.55. The van der Waals surface area contributed by atoms with Gasteiger partial charge >= 0.3 is 0 Å². The van der Waals surface area contributed by atoms with E-state index in [0.717, 1.165) is 6.07 Å². The van der Waals surface area contributed by atoms with Crippen LogP contribution in [0.4, 0.5) is 0 Å². The Bertz CT molecular complexity index is 1670. The lowest BCUT2D eigenvalue weighted by molar-refractivity contribution is 0.00308. The Kier molecular flexibility index (Phi) is 6.13. The normalized spacial score (nSPS) is 23.1. The van der Waals surface area contributed by atoms with E-state index in [-0.39, 0.29) is 68.9 Å². The maximum Gasteiger partial charge on any atom is 0.157 e. The number of rotatable bonds is 3. The number of aliphatic hydroxyl groups is 2. The average Bonchev–Trinajstić information content (AvgIpc) is 2.93. The van der Waals surface area contributed by atoms with Crippen LogP contribution < -0.4 is 9.47 Å². The summed E-state index contributed by atoms with van der Waals surface area (Å²) >= 11 is 0. The van der Waals surface area contributed by atoms with Gasteiger partial charge in [0, 0.05) is 41.2 Å². The van der Waals surface area contributed by atoms with Gasteiger partial charge in [-0.3, -0.25) is 0 Å². The van der Waals surface area contributed by atoms with Gasteiger partial charge < -0.3 is 55.4 Å². The van der Waals surface area contributed by atoms with Crippen LogP contribution in [0.25, 0.3) is 0 Å². The molecule has 11 heteroatoms. The zero-order valence-corrected chi connectivity index (χ0v) is 21.2.